The molecule has 0 atom stereocenters. The predicted molar refractivity (Wildman–Crippen MR) is 103 cm³/mol. The molecule has 0 unspecified atom stereocenters. The highest BCUT2D eigenvalue weighted by atomic mass is 16.5. The van der Waals surface area contributed by atoms with Crippen LogP contribution in [-0.4, -0.2) is 57.2 Å². The van der Waals surface area contributed by atoms with E-state index in [0.717, 1.165) is 24.5 Å². The summed E-state index contributed by atoms with van der Waals surface area (Å²) in [6.45, 7) is 1.73. The predicted octanol–water partition coefficient (Wildman–Crippen LogP) is 2.25. The summed E-state index contributed by atoms with van der Waals surface area (Å²) in [5.74, 6) is 1.91. The molecule has 7 heteroatoms. The second kappa shape index (κ2) is 9.62. The van der Waals surface area contributed by atoms with Crippen LogP contribution in [0.5, 0.6) is 11.5 Å². The van der Waals surface area contributed by atoms with Gasteiger partial charge in [0.05, 0.1) is 32.5 Å². The number of hydrogen-bond donors (Lipinski definition) is 2. The Morgan fingerprint density at radius 2 is 1.88 bits per heavy atom. The molecule has 0 aliphatic carbocycles. The molecule has 0 bridgehead atoms. The summed E-state index contributed by atoms with van der Waals surface area (Å²) in [7, 11) is 7.19. The van der Waals surface area contributed by atoms with E-state index in [1.165, 1.54) is 0 Å². The number of methoxy groups -OCH3 is 2. The van der Waals surface area contributed by atoms with Crippen LogP contribution in [0.2, 0.25) is 0 Å². The molecule has 0 fully saturated rings. The fraction of sp³-hybridized carbons (Fsp3) is 0.368. The Balaban J connectivity index is 1.89. The third-order valence-electron chi connectivity index (χ3n) is 3.73. The number of ether oxygens (including phenoxy) is 2. The van der Waals surface area contributed by atoms with Crippen molar-refractivity contribution in [2.75, 3.05) is 52.0 Å². The van der Waals surface area contributed by atoms with Crippen molar-refractivity contribution < 1.29 is 14.3 Å². The molecule has 1 heterocycles. The largest absolute Gasteiger partial charge is 0.493 e. The lowest BCUT2D eigenvalue weighted by Crippen LogP contribution is -2.21. The topological polar surface area (TPSA) is 75.7 Å². The zero-order valence-corrected chi connectivity index (χ0v) is 15.7. The van der Waals surface area contributed by atoms with Crippen LogP contribution in [0.25, 0.3) is 0 Å². The Morgan fingerprint density at radius 3 is 2.50 bits per heavy atom. The molecule has 1 amide bonds. The highest BCUT2D eigenvalue weighted by molar-refractivity contribution is 5.92. The van der Waals surface area contributed by atoms with E-state index in [9.17, 15) is 4.79 Å². The summed E-state index contributed by atoms with van der Waals surface area (Å²) < 4.78 is 10.5. The maximum atomic E-state index is 12.2. The van der Waals surface area contributed by atoms with Gasteiger partial charge in [-0.2, -0.15) is 0 Å². The summed E-state index contributed by atoms with van der Waals surface area (Å²) in [4.78, 5) is 18.6. The van der Waals surface area contributed by atoms with Crippen LogP contribution < -0.4 is 20.1 Å². The van der Waals surface area contributed by atoms with Crippen LogP contribution >= 0.6 is 0 Å². The number of rotatable bonds is 9. The number of amides is 1. The smallest absolute Gasteiger partial charge is 0.228 e. The van der Waals surface area contributed by atoms with Crippen molar-refractivity contribution in [3.8, 4) is 11.5 Å². The second-order valence-corrected chi connectivity index (χ2v) is 6.08. The molecule has 0 aliphatic rings. The van der Waals surface area contributed by atoms with E-state index in [-0.39, 0.29) is 12.3 Å². The summed E-state index contributed by atoms with van der Waals surface area (Å²) in [6, 6.07) is 9.11. The van der Waals surface area contributed by atoms with Crippen LogP contribution in [0, 0.1) is 0 Å². The standard InChI is InChI=1S/C19H26N4O3/c1-23(2)10-9-20-18-8-6-15(13-21-18)22-19(24)12-14-5-7-16(25-3)17(11-14)26-4/h5-8,11,13H,9-10,12H2,1-4H3,(H,20,21)(H,22,24). The number of nitrogens with zero attached hydrogens (tertiary/aromatic N) is 2. The van der Waals surface area contributed by atoms with Crippen molar-refractivity contribution in [3.63, 3.8) is 0 Å². The van der Waals surface area contributed by atoms with Gasteiger partial charge in [0.15, 0.2) is 11.5 Å². The van der Waals surface area contributed by atoms with Crippen molar-refractivity contribution in [1.29, 1.82) is 0 Å². The first-order valence-electron chi connectivity index (χ1n) is 8.37. The highest BCUT2D eigenvalue weighted by Crippen LogP contribution is 2.27. The number of carbonyl (C=O) groups excluding carboxylic acids is 1. The lowest BCUT2D eigenvalue weighted by atomic mass is 10.1. The molecule has 2 aromatic rings. The van der Waals surface area contributed by atoms with Gasteiger partial charge in [0.2, 0.25) is 5.91 Å². The lowest BCUT2D eigenvalue weighted by Gasteiger charge is -2.11. The molecule has 2 N–H and O–H groups in total. The zero-order chi connectivity index (χ0) is 18.9. The van der Waals surface area contributed by atoms with Gasteiger partial charge in [0.25, 0.3) is 0 Å². The number of anilines is 2. The van der Waals surface area contributed by atoms with Crippen molar-refractivity contribution in [1.82, 2.24) is 9.88 Å². The summed E-state index contributed by atoms with van der Waals surface area (Å²) >= 11 is 0. The monoisotopic (exact) mass is 358 g/mol. The molecule has 140 valence electrons. The summed E-state index contributed by atoms with van der Waals surface area (Å²) in [5.41, 5.74) is 1.50. The minimum atomic E-state index is -0.118. The summed E-state index contributed by atoms with van der Waals surface area (Å²) in [5, 5.41) is 6.08. The molecule has 0 radical (unpaired) electrons. The van der Waals surface area contributed by atoms with Crippen LogP contribution in [0.4, 0.5) is 11.5 Å². The number of pyridine rings is 1. The fourth-order valence-corrected chi connectivity index (χ4v) is 2.36. The molecule has 1 aromatic heterocycles. The van der Waals surface area contributed by atoms with Gasteiger partial charge in [-0.3, -0.25) is 4.79 Å². The molecular formula is C19H26N4O3. The van der Waals surface area contributed by atoms with Crippen LogP contribution in [0.15, 0.2) is 36.5 Å². The Labute approximate surface area is 154 Å². The van der Waals surface area contributed by atoms with Crippen molar-refractivity contribution in [2.24, 2.45) is 0 Å². The van der Waals surface area contributed by atoms with Gasteiger partial charge in [-0.25, -0.2) is 4.98 Å². The maximum absolute atomic E-state index is 12.2. The minimum absolute atomic E-state index is 0.118. The molecule has 0 saturated carbocycles. The Morgan fingerprint density at radius 1 is 1.12 bits per heavy atom. The van der Waals surface area contributed by atoms with Gasteiger partial charge in [0, 0.05) is 13.1 Å². The van der Waals surface area contributed by atoms with Crippen LogP contribution in [-0.2, 0) is 11.2 Å². The first-order chi connectivity index (χ1) is 12.5. The molecule has 2 rings (SSSR count). The Kier molecular flexibility index (Phi) is 7.23. The molecule has 0 aliphatic heterocycles. The van der Waals surface area contributed by atoms with Gasteiger partial charge < -0.3 is 25.0 Å². The normalized spacial score (nSPS) is 10.5. The number of nitrogens with one attached hydrogen (secondary N) is 2. The molecule has 7 nitrogen and oxygen atoms in total. The van der Waals surface area contributed by atoms with Gasteiger partial charge in [-0.05, 0) is 43.9 Å². The Bertz CT molecular complexity index is 717. The first kappa shape index (κ1) is 19.5. The molecular weight excluding hydrogens is 332 g/mol. The molecule has 0 saturated heterocycles. The third kappa shape index (κ3) is 5.93. The SMILES string of the molecule is COc1ccc(CC(=O)Nc2ccc(NCCN(C)C)nc2)cc1OC. The molecule has 0 spiro atoms. The second-order valence-electron chi connectivity index (χ2n) is 6.08. The van der Waals surface area contributed by atoms with E-state index in [0.29, 0.717) is 17.2 Å². The number of hydrogen-bond acceptors (Lipinski definition) is 6. The number of likely N-dealkylation sites (N-methyl/N-ethyl adjacent to an activating group) is 1. The van der Waals surface area contributed by atoms with Gasteiger partial charge >= 0.3 is 0 Å². The van der Waals surface area contributed by atoms with E-state index in [1.54, 1.807) is 32.5 Å². The summed E-state index contributed by atoms with van der Waals surface area (Å²) in [6.07, 6.45) is 1.88. The van der Waals surface area contributed by atoms with Gasteiger partial charge in [-0.15, -0.1) is 0 Å². The maximum Gasteiger partial charge on any atom is 0.228 e. The lowest BCUT2D eigenvalue weighted by molar-refractivity contribution is -0.115. The number of carbonyl (C=O) groups is 1. The van der Waals surface area contributed by atoms with E-state index in [2.05, 4.69) is 20.5 Å². The average Bonchev–Trinajstić information content (AvgIpc) is 2.62. The van der Waals surface area contributed by atoms with Gasteiger partial charge in [0.1, 0.15) is 5.82 Å². The van der Waals surface area contributed by atoms with Crippen molar-refractivity contribution >= 4 is 17.4 Å². The Hall–Kier alpha value is -2.80. The highest BCUT2D eigenvalue weighted by Gasteiger charge is 2.09. The van der Waals surface area contributed by atoms with Crippen molar-refractivity contribution in [3.05, 3.63) is 42.1 Å². The van der Waals surface area contributed by atoms with E-state index in [4.69, 9.17) is 9.47 Å². The van der Waals surface area contributed by atoms with Gasteiger partial charge in [-0.1, -0.05) is 6.07 Å². The first-order valence-corrected chi connectivity index (χ1v) is 8.37. The van der Waals surface area contributed by atoms with E-state index in [1.807, 2.05) is 32.3 Å². The molecule has 26 heavy (non-hydrogen) atoms. The van der Waals surface area contributed by atoms with Crippen LogP contribution in [0.3, 0.4) is 0 Å². The number of aromatic nitrogens is 1. The van der Waals surface area contributed by atoms with Crippen molar-refractivity contribution in [2.45, 2.75) is 6.42 Å². The van der Waals surface area contributed by atoms with E-state index < -0.39 is 0 Å². The minimum Gasteiger partial charge on any atom is -0.493 e. The quantitative estimate of drug-likeness (QED) is 0.716. The third-order valence-corrected chi connectivity index (χ3v) is 3.73. The zero-order valence-electron chi connectivity index (χ0n) is 15.7. The average molecular weight is 358 g/mol. The van der Waals surface area contributed by atoms with Crippen LogP contribution in [0.1, 0.15) is 5.56 Å². The van der Waals surface area contributed by atoms with E-state index >= 15 is 0 Å². The molecule has 1 aromatic carbocycles. The number of benzene rings is 1. The fourth-order valence-electron chi connectivity index (χ4n) is 2.36.